The van der Waals surface area contributed by atoms with Crippen LogP contribution in [-0.2, 0) is 12.7 Å². The fourth-order valence-corrected chi connectivity index (χ4v) is 2.44. The standard InChI is InChI=1S/C15H10F3N5/c1-2-23-12-5-9(6-19)3-4-11(12)22-14(23)10-7-20-8-21-13(10)15(16,17)18/h3-5,7-8H,2H2,1H3. The molecule has 2 aromatic heterocycles. The van der Waals surface area contributed by atoms with Crippen LogP contribution in [0.25, 0.3) is 22.4 Å². The van der Waals surface area contributed by atoms with Crippen molar-refractivity contribution in [2.45, 2.75) is 19.6 Å². The van der Waals surface area contributed by atoms with Crippen LogP contribution in [0, 0.1) is 11.3 Å². The van der Waals surface area contributed by atoms with Crippen LogP contribution < -0.4 is 0 Å². The number of aromatic nitrogens is 4. The van der Waals surface area contributed by atoms with E-state index >= 15 is 0 Å². The molecule has 0 N–H and O–H groups in total. The van der Waals surface area contributed by atoms with Gasteiger partial charge in [0, 0.05) is 12.7 Å². The first-order valence-corrected chi connectivity index (χ1v) is 6.73. The number of rotatable bonds is 2. The second-order valence-corrected chi connectivity index (χ2v) is 4.78. The molecule has 8 heteroatoms. The maximum atomic E-state index is 13.2. The summed E-state index contributed by atoms with van der Waals surface area (Å²) in [4.78, 5) is 11.3. The van der Waals surface area contributed by atoms with Gasteiger partial charge in [-0.1, -0.05) is 0 Å². The van der Waals surface area contributed by atoms with E-state index in [0.717, 1.165) is 12.5 Å². The van der Waals surface area contributed by atoms with Crippen LogP contribution in [0.4, 0.5) is 13.2 Å². The van der Waals surface area contributed by atoms with Gasteiger partial charge in [0.15, 0.2) is 5.69 Å². The Balaban J connectivity index is 2.32. The Morgan fingerprint density at radius 2 is 2.09 bits per heavy atom. The van der Waals surface area contributed by atoms with Crippen LogP contribution in [-0.4, -0.2) is 19.5 Å². The van der Waals surface area contributed by atoms with E-state index < -0.39 is 11.9 Å². The molecule has 0 unspecified atom stereocenters. The Kier molecular flexibility index (Phi) is 3.48. The summed E-state index contributed by atoms with van der Waals surface area (Å²) >= 11 is 0. The summed E-state index contributed by atoms with van der Waals surface area (Å²) in [5, 5.41) is 8.99. The summed E-state index contributed by atoms with van der Waals surface area (Å²) in [6.07, 6.45) is -2.64. The second kappa shape index (κ2) is 5.35. The number of hydrogen-bond acceptors (Lipinski definition) is 4. The summed E-state index contributed by atoms with van der Waals surface area (Å²) in [5.41, 5.74) is 0.310. The number of aryl methyl sites for hydroxylation is 1. The highest BCUT2D eigenvalue weighted by Gasteiger charge is 2.37. The Bertz CT molecular complexity index is 921. The van der Waals surface area contributed by atoms with Crippen LogP contribution in [0.2, 0.25) is 0 Å². The molecule has 0 aliphatic heterocycles. The van der Waals surface area contributed by atoms with Gasteiger partial charge in [0.05, 0.1) is 28.2 Å². The third-order valence-corrected chi connectivity index (χ3v) is 3.42. The molecule has 1 aromatic carbocycles. The molecule has 23 heavy (non-hydrogen) atoms. The molecule has 0 aliphatic rings. The van der Waals surface area contributed by atoms with Crippen LogP contribution in [0.1, 0.15) is 18.2 Å². The van der Waals surface area contributed by atoms with Gasteiger partial charge in [-0.05, 0) is 25.1 Å². The Morgan fingerprint density at radius 1 is 1.30 bits per heavy atom. The second-order valence-electron chi connectivity index (χ2n) is 4.78. The average molecular weight is 317 g/mol. The van der Waals surface area contributed by atoms with Crippen molar-refractivity contribution >= 4 is 11.0 Å². The third kappa shape index (κ3) is 2.50. The van der Waals surface area contributed by atoms with E-state index in [1.165, 1.54) is 0 Å². The highest BCUT2D eigenvalue weighted by Crippen LogP contribution is 2.35. The number of nitrogens with zero attached hydrogens (tertiary/aromatic N) is 5. The normalized spacial score (nSPS) is 11.6. The first kappa shape index (κ1) is 15.0. The number of hydrogen-bond donors (Lipinski definition) is 0. The molecule has 0 atom stereocenters. The fraction of sp³-hybridized carbons (Fsp3) is 0.200. The van der Waals surface area contributed by atoms with Crippen LogP contribution in [0.5, 0.6) is 0 Å². The molecular weight excluding hydrogens is 307 g/mol. The van der Waals surface area contributed by atoms with E-state index in [1.54, 1.807) is 29.7 Å². The summed E-state index contributed by atoms with van der Waals surface area (Å²) in [6, 6.07) is 6.80. The number of benzene rings is 1. The highest BCUT2D eigenvalue weighted by molar-refractivity contribution is 5.82. The maximum absolute atomic E-state index is 13.2. The number of imidazole rings is 1. The minimum atomic E-state index is -4.60. The topological polar surface area (TPSA) is 67.4 Å². The number of halogens is 3. The molecule has 0 saturated heterocycles. The van der Waals surface area contributed by atoms with Crippen LogP contribution in [0.3, 0.4) is 0 Å². The van der Waals surface area contributed by atoms with Crippen molar-refractivity contribution in [2.24, 2.45) is 0 Å². The zero-order valence-electron chi connectivity index (χ0n) is 12.0. The Morgan fingerprint density at radius 3 is 2.74 bits per heavy atom. The van der Waals surface area contributed by atoms with Crippen LogP contribution >= 0.6 is 0 Å². The minimum absolute atomic E-state index is 0.130. The van der Waals surface area contributed by atoms with E-state index in [-0.39, 0.29) is 11.4 Å². The third-order valence-electron chi connectivity index (χ3n) is 3.42. The van der Waals surface area contributed by atoms with Gasteiger partial charge in [-0.2, -0.15) is 18.4 Å². The molecule has 2 heterocycles. The van der Waals surface area contributed by atoms with Crippen molar-refractivity contribution < 1.29 is 13.2 Å². The first-order chi connectivity index (χ1) is 11.0. The Labute approximate surface area is 129 Å². The summed E-state index contributed by atoms with van der Waals surface area (Å²) in [6.45, 7) is 2.19. The Hall–Kier alpha value is -2.95. The van der Waals surface area contributed by atoms with E-state index in [0.29, 0.717) is 23.1 Å². The molecule has 0 amide bonds. The summed E-state index contributed by atoms with van der Waals surface area (Å²) in [5.74, 6) is 0.130. The number of nitriles is 1. The molecule has 0 aliphatic carbocycles. The van der Waals surface area contributed by atoms with Gasteiger partial charge in [0.2, 0.25) is 0 Å². The maximum Gasteiger partial charge on any atom is 0.434 e. The van der Waals surface area contributed by atoms with Gasteiger partial charge in [0.1, 0.15) is 12.2 Å². The number of alkyl halides is 3. The van der Waals surface area contributed by atoms with Gasteiger partial charge < -0.3 is 4.57 Å². The van der Waals surface area contributed by atoms with Crippen LogP contribution in [0.15, 0.2) is 30.7 Å². The van der Waals surface area contributed by atoms with Crippen molar-refractivity contribution in [2.75, 3.05) is 0 Å². The van der Waals surface area contributed by atoms with E-state index in [4.69, 9.17) is 5.26 Å². The van der Waals surface area contributed by atoms with E-state index in [9.17, 15) is 13.2 Å². The molecule has 0 spiro atoms. The SMILES string of the molecule is CCn1c(-c2cncnc2C(F)(F)F)nc2ccc(C#N)cc21. The van der Waals surface area contributed by atoms with Crippen molar-refractivity contribution in [3.63, 3.8) is 0 Å². The predicted molar refractivity (Wildman–Crippen MR) is 76.2 cm³/mol. The predicted octanol–water partition coefficient (Wildman–Crippen LogP) is 3.40. The van der Waals surface area contributed by atoms with Gasteiger partial charge in [-0.25, -0.2) is 15.0 Å². The highest BCUT2D eigenvalue weighted by atomic mass is 19.4. The van der Waals surface area contributed by atoms with Gasteiger partial charge in [-0.3, -0.25) is 0 Å². The average Bonchev–Trinajstić information content (AvgIpc) is 2.91. The molecule has 0 bridgehead atoms. The zero-order chi connectivity index (χ0) is 16.6. The minimum Gasteiger partial charge on any atom is -0.324 e. The van der Waals surface area contributed by atoms with Gasteiger partial charge >= 0.3 is 6.18 Å². The lowest BCUT2D eigenvalue weighted by molar-refractivity contribution is -0.140. The lowest BCUT2D eigenvalue weighted by Crippen LogP contribution is -2.12. The quantitative estimate of drug-likeness (QED) is 0.726. The van der Waals surface area contributed by atoms with Crippen molar-refractivity contribution in [1.82, 2.24) is 19.5 Å². The largest absolute Gasteiger partial charge is 0.434 e. The van der Waals surface area contributed by atoms with Gasteiger partial charge in [0.25, 0.3) is 0 Å². The summed E-state index contributed by atoms with van der Waals surface area (Å²) < 4.78 is 41.1. The lowest BCUT2D eigenvalue weighted by atomic mass is 10.2. The molecule has 3 rings (SSSR count). The lowest BCUT2D eigenvalue weighted by Gasteiger charge is -2.11. The monoisotopic (exact) mass is 317 g/mol. The van der Waals surface area contributed by atoms with E-state index in [2.05, 4.69) is 15.0 Å². The molecule has 116 valence electrons. The number of fused-ring (bicyclic) bond motifs is 1. The first-order valence-electron chi connectivity index (χ1n) is 6.73. The molecule has 5 nitrogen and oxygen atoms in total. The molecule has 0 saturated carbocycles. The van der Waals surface area contributed by atoms with Crippen molar-refractivity contribution in [1.29, 1.82) is 5.26 Å². The zero-order valence-corrected chi connectivity index (χ0v) is 12.0. The fourth-order valence-electron chi connectivity index (χ4n) is 2.44. The molecule has 0 radical (unpaired) electrons. The smallest absolute Gasteiger partial charge is 0.324 e. The summed E-state index contributed by atoms with van der Waals surface area (Å²) in [7, 11) is 0. The molecule has 0 fully saturated rings. The molecule has 3 aromatic rings. The van der Waals surface area contributed by atoms with Gasteiger partial charge in [-0.15, -0.1) is 0 Å². The van der Waals surface area contributed by atoms with Crippen molar-refractivity contribution in [3.05, 3.63) is 42.0 Å². The van der Waals surface area contributed by atoms with E-state index in [1.807, 2.05) is 6.07 Å². The van der Waals surface area contributed by atoms with Crippen molar-refractivity contribution in [3.8, 4) is 17.5 Å². The molecular formula is C15H10F3N5.